The van der Waals surface area contributed by atoms with Crippen LogP contribution in [0.15, 0.2) is 112 Å². The summed E-state index contributed by atoms with van der Waals surface area (Å²) < 4.78 is 13.7. The summed E-state index contributed by atoms with van der Waals surface area (Å²) in [6.07, 6.45) is 3.69. The maximum Gasteiger partial charge on any atom is 0.228 e. The van der Waals surface area contributed by atoms with Gasteiger partial charge in [0.2, 0.25) is 19.4 Å². The first-order chi connectivity index (χ1) is 22.8. The molecule has 0 aliphatic carbocycles. The first-order valence-corrected chi connectivity index (χ1v) is 16.9. The van der Waals surface area contributed by atoms with Gasteiger partial charge in [-0.25, -0.2) is 0 Å². The minimum atomic E-state index is -1.47. The average Bonchev–Trinajstić information content (AvgIpc) is 3.66. The average molecular weight is 802 g/mol. The highest BCUT2D eigenvalue weighted by atomic mass is 35.6. The largest absolute Gasteiger partial charge is 0.497 e. The first kappa shape index (κ1) is 36.4. The van der Waals surface area contributed by atoms with E-state index in [9.17, 15) is 0 Å². The molecule has 0 radical (unpaired) electrons. The van der Waals surface area contributed by atoms with Crippen LogP contribution in [-0.2, 0) is 7.59 Å². The van der Waals surface area contributed by atoms with Crippen LogP contribution in [0.2, 0.25) is 10.3 Å². The molecular formula is C35H22Cl8N2O3. The Hall–Kier alpha value is -2.84. The van der Waals surface area contributed by atoms with Gasteiger partial charge in [-0.3, -0.25) is 0 Å². The molecule has 0 N–H and O–H groups in total. The zero-order valence-electron chi connectivity index (χ0n) is 24.6. The molecule has 0 fully saturated rings. The van der Waals surface area contributed by atoms with Gasteiger partial charge in [-0.05, 0) is 60.2 Å². The zero-order valence-corrected chi connectivity index (χ0v) is 30.7. The highest BCUT2D eigenvalue weighted by Crippen LogP contribution is 2.40. The summed E-state index contributed by atoms with van der Waals surface area (Å²) >= 11 is 47.4. The minimum absolute atomic E-state index is 0.278. The Kier molecular flexibility index (Phi) is 12.0. The second-order valence-electron chi connectivity index (χ2n) is 9.94. The van der Waals surface area contributed by atoms with Crippen molar-refractivity contribution in [3.63, 3.8) is 0 Å². The molecule has 0 unspecified atom stereocenters. The van der Waals surface area contributed by atoms with E-state index in [2.05, 4.69) is 9.97 Å². The summed E-state index contributed by atoms with van der Waals surface area (Å²) in [5.41, 5.74) is 4.45. The van der Waals surface area contributed by atoms with Crippen LogP contribution in [0.1, 0.15) is 22.5 Å². The summed E-state index contributed by atoms with van der Waals surface area (Å²) in [6, 6.07) is 31.1. The highest BCUT2D eigenvalue weighted by molar-refractivity contribution is 6.67. The van der Waals surface area contributed by atoms with Crippen molar-refractivity contribution < 1.29 is 13.6 Å². The summed E-state index contributed by atoms with van der Waals surface area (Å²) in [5, 5.41) is 0.572. The fraction of sp³-hybridized carbons (Fsp3) is 0.0857. The molecule has 5 nitrogen and oxygen atoms in total. The Balaban J connectivity index is 0.000000188. The zero-order chi connectivity index (χ0) is 34.5. The molecule has 6 rings (SSSR count). The molecule has 4 aromatic carbocycles. The molecule has 6 aromatic rings. The van der Waals surface area contributed by atoms with Crippen molar-refractivity contribution in [2.75, 3.05) is 7.11 Å². The van der Waals surface area contributed by atoms with Crippen LogP contribution in [0.5, 0.6) is 5.75 Å². The van der Waals surface area contributed by atoms with Gasteiger partial charge in [0.15, 0.2) is 21.8 Å². The second-order valence-corrected chi connectivity index (χ2v) is 15.2. The SMILES string of the molecule is COc1ccc(-c2oc(-c3ccc(C(Cl)(Cl)Cl)cc3)nc2Cl)cc1.Clc1nc(-c2ccc(C(Cl)(Cl)Cl)cc2)oc1C=Cc1ccccc1. The predicted octanol–water partition coefficient (Wildman–Crippen LogP) is 13.5. The van der Waals surface area contributed by atoms with Gasteiger partial charge in [0.25, 0.3) is 0 Å². The van der Waals surface area contributed by atoms with Crippen LogP contribution >= 0.6 is 92.8 Å². The van der Waals surface area contributed by atoms with Crippen molar-refractivity contribution in [1.29, 1.82) is 0 Å². The number of nitrogens with zero attached hydrogens (tertiary/aromatic N) is 2. The van der Waals surface area contributed by atoms with Crippen LogP contribution in [-0.4, -0.2) is 17.1 Å². The molecule has 2 heterocycles. The summed E-state index contributed by atoms with van der Waals surface area (Å²) in [5.74, 6) is 2.52. The number of methoxy groups -OCH3 is 1. The van der Waals surface area contributed by atoms with Crippen LogP contribution < -0.4 is 4.74 Å². The Morgan fingerprint density at radius 3 is 1.54 bits per heavy atom. The number of aromatic nitrogens is 2. The molecule has 0 saturated heterocycles. The van der Waals surface area contributed by atoms with Gasteiger partial charge < -0.3 is 13.6 Å². The molecule has 246 valence electrons. The molecule has 0 saturated carbocycles. The smallest absolute Gasteiger partial charge is 0.228 e. The summed E-state index contributed by atoms with van der Waals surface area (Å²) in [7, 11) is 1.61. The van der Waals surface area contributed by atoms with E-state index in [1.807, 2.05) is 60.7 Å². The van der Waals surface area contributed by atoms with Crippen LogP contribution in [0.25, 0.3) is 46.4 Å². The van der Waals surface area contributed by atoms with Crippen molar-refractivity contribution >= 4 is 105 Å². The van der Waals surface area contributed by atoms with E-state index < -0.39 is 7.59 Å². The third-order valence-corrected chi connectivity index (χ3v) is 8.53. The highest BCUT2D eigenvalue weighted by Gasteiger charge is 2.24. The van der Waals surface area contributed by atoms with E-state index in [4.69, 9.17) is 106 Å². The van der Waals surface area contributed by atoms with E-state index in [0.717, 1.165) is 28.0 Å². The molecular weight excluding hydrogens is 780 g/mol. The normalized spacial score (nSPS) is 11.8. The molecule has 48 heavy (non-hydrogen) atoms. The lowest BCUT2D eigenvalue weighted by Gasteiger charge is -2.10. The molecule has 0 amide bonds. The van der Waals surface area contributed by atoms with Crippen molar-refractivity contribution in [2.24, 2.45) is 0 Å². The molecule has 2 aromatic heterocycles. The Bertz CT molecular complexity index is 1980. The number of hydrogen-bond acceptors (Lipinski definition) is 5. The van der Waals surface area contributed by atoms with Crippen molar-refractivity contribution in [2.45, 2.75) is 7.59 Å². The Labute approximate surface area is 316 Å². The van der Waals surface area contributed by atoms with E-state index in [-0.39, 0.29) is 5.15 Å². The molecule has 0 aliphatic heterocycles. The number of halogens is 8. The maximum atomic E-state index is 6.21. The van der Waals surface area contributed by atoms with E-state index in [1.54, 1.807) is 61.7 Å². The van der Waals surface area contributed by atoms with Crippen molar-refractivity contribution in [3.8, 4) is 40.0 Å². The third-order valence-electron chi connectivity index (χ3n) is 6.69. The van der Waals surface area contributed by atoms with Gasteiger partial charge in [0.05, 0.1) is 7.11 Å². The summed E-state index contributed by atoms with van der Waals surface area (Å²) in [4.78, 5) is 8.49. The fourth-order valence-electron chi connectivity index (χ4n) is 4.22. The predicted molar refractivity (Wildman–Crippen MR) is 200 cm³/mol. The van der Waals surface area contributed by atoms with Crippen molar-refractivity contribution in [1.82, 2.24) is 9.97 Å². The molecule has 0 spiro atoms. The fourth-order valence-corrected chi connectivity index (χ4v) is 5.38. The second kappa shape index (κ2) is 15.8. The van der Waals surface area contributed by atoms with Gasteiger partial charge in [0.1, 0.15) is 5.75 Å². The number of ether oxygens (including phenoxy) is 1. The Morgan fingerprint density at radius 2 is 1.04 bits per heavy atom. The van der Waals surface area contributed by atoms with Crippen LogP contribution in [0, 0.1) is 0 Å². The quantitative estimate of drug-likeness (QED) is 0.157. The Morgan fingerprint density at radius 1 is 0.562 bits per heavy atom. The first-order valence-electron chi connectivity index (χ1n) is 13.9. The van der Waals surface area contributed by atoms with Gasteiger partial charge in [0, 0.05) is 27.8 Å². The molecule has 0 bridgehead atoms. The number of oxazole rings is 2. The van der Waals surface area contributed by atoms with Crippen molar-refractivity contribution in [3.05, 3.63) is 136 Å². The lowest BCUT2D eigenvalue weighted by molar-refractivity contribution is 0.415. The van der Waals surface area contributed by atoms with Gasteiger partial charge in [-0.15, -0.1) is 0 Å². The van der Waals surface area contributed by atoms with Gasteiger partial charge >= 0.3 is 0 Å². The number of benzene rings is 4. The maximum absolute atomic E-state index is 6.21. The van der Waals surface area contributed by atoms with E-state index in [1.165, 1.54) is 0 Å². The lowest BCUT2D eigenvalue weighted by atomic mass is 10.1. The molecule has 13 heteroatoms. The molecule has 0 atom stereocenters. The summed E-state index contributed by atoms with van der Waals surface area (Å²) in [6.45, 7) is 0. The number of alkyl halides is 6. The standard InChI is InChI=1S/C18H11Cl4NO.C17H11Cl4NO2/c19-16-15(11-6-12-4-2-1-3-5-12)24-17(23-16)13-7-9-14(10-8-13)18(20,21)22;1-23-13-8-4-10(5-9-13)14-15(18)22-16(24-14)11-2-6-12(7-3-11)17(19,20)21/h1-11H;2-9H,1H3. The number of hydrogen-bond donors (Lipinski definition) is 0. The lowest BCUT2D eigenvalue weighted by Crippen LogP contribution is -1.98. The van der Waals surface area contributed by atoms with Crippen LogP contribution in [0.3, 0.4) is 0 Å². The third kappa shape index (κ3) is 9.44. The van der Waals surface area contributed by atoms with Crippen LogP contribution in [0.4, 0.5) is 0 Å². The minimum Gasteiger partial charge on any atom is -0.497 e. The topological polar surface area (TPSA) is 61.3 Å². The van der Waals surface area contributed by atoms with E-state index in [0.29, 0.717) is 39.6 Å². The van der Waals surface area contributed by atoms with Gasteiger partial charge in [-0.1, -0.05) is 153 Å². The van der Waals surface area contributed by atoms with E-state index >= 15 is 0 Å². The molecule has 0 aliphatic rings. The number of rotatable bonds is 6. The van der Waals surface area contributed by atoms with Gasteiger partial charge in [-0.2, -0.15) is 9.97 Å². The monoisotopic (exact) mass is 798 g/mol.